The number of likely N-dealkylation sites (N-methyl/N-ethyl adjacent to an activating group) is 1. The minimum atomic E-state index is -0.519. The van der Waals surface area contributed by atoms with Crippen molar-refractivity contribution in [3.63, 3.8) is 0 Å². The molecule has 1 amide bonds. The lowest BCUT2D eigenvalue weighted by molar-refractivity contribution is -0.123. The molecule has 1 N–H and O–H groups in total. The molecule has 168 valence electrons. The third-order valence-corrected chi connectivity index (χ3v) is 5.66. The van der Waals surface area contributed by atoms with Crippen LogP contribution in [0.2, 0.25) is 0 Å². The van der Waals surface area contributed by atoms with Crippen molar-refractivity contribution in [3.8, 4) is 11.5 Å². The minimum Gasteiger partial charge on any atom is -0.492 e. The number of halogens is 2. The molecule has 0 aromatic heterocycles. The molecule has 0 bridgehead atoms. The summed E-state index contributed by atoms with van der Waals surface area (Å²) in [5.41, 5.74) is 0.915. The van der Waals surface area contributed by atoms with Crippen molar-refractivity contribution in [1.29, 1.82) is 0 Å². The summed E-state index contributed by atoms with van der Waals surface area (Å²) >= 11 is 3.18. The van der Waals surface area contributed by atoms with Crippen molar-refractivity contribution in [2.45, 2.75) is 25.4 Å². The second-order valence-corrected chi connectivity index (χ2v) is 8.38. The van der Waals surface area contributed by atoms with Gasteiger partial charge in [0.1, 0.15) is 12.4 Å². The molecule has 8 heteroatoms. The fourth-order valence-corrected chi connectivity index (χ4v) is 3.68. The Morgan fingerprint density at radius 2 is 2.03 bits per heavy atom. The maximum absolute atomic E-state index is 13.7. The van der Waals surface area contributed by atoms with Crippen molar-refractivity contribution in [2.24, 2.45) is 0 Å². The van der Waals surface area contributed by atoms with Crippen molar-refractivity contribution in [1.82, 2.24) is 10.2 Å². The highest BCUT2D eigenvalue weighted by Gasteiger charge is 2.18. The van der Waals surface area contributed by atoms with Gasteiger partial charge in [-0.2, -0.15) is 0 Å². The minimum absolute atomic E-state index is 0.0412. The van der Waals surface area contributed by atoms with Crippen molar-refractivity contribution in [2.75, 3.05) is 40.0 Å². The number of hydrogen-bond acceptors (Lipinski definition) is 5. The van der Waals surface area contributed by atoms with Crippen LogP contribution in [-0.4, -0.2) is 56.9 Å². The summed E-state index contributed by atoms with van der Waals surface area (Å²) in [6.07, 6.45) is 2.12. The van der Waals surface area contributed by atoms with Crippen LogP contribution in [0.15, 0.2) is 46.9 Å². The Kier molecular flexibility index (Phi) is 9.12. The summed E-state index contributed by atoms with van der Waals surface area (Å²) in [5, 5.41) is 2.77. The summed E-state index contributed by atoms with van der Waals surface area (Å²) < 4.78 is 30.9. The smallest absolute Gasteiger partial charge is 0.258 e. The molecule has 1 heterocycles. The number of rotatable bonds is 10. The average molecular weight is 495 g/mol. The first-order valence-electron chi connectivity index (χ1n) is 10.4. The monoisotopic (exact) mass is 494 g/mol. The van der Waals surface area contributed by atoms with Crippen LogP contribution >= 0.6 is 15.9 Å². The molecule has 0 unspecified atom stereocenters. The topological polar surface area (TPSA) is 60.0 Å². The molecular formula is C23H28BrFN2O4. The van der Waals surface area contributed by atoms with E-state index in [-0.39, 0.29) is 18.3 Å². The number of benzene rings is 2. The summed E-state index contributed by atoms with van der Waals surface area (Å²) in [4.78, 5) is 14.4. The number of nitrogens with one attached hydrogen (secondary N) is 1. The molecule has 1 aliphatic heterocycles. The molecule has 0 aliphatic carbocycles. The Hall–Kier alpha value is -2.16. The first kappa shape index (κ1) is 23.5. The maximum atomic E-state index is 13.7. The summed E-state index contributed by atoms with van der Waals surface area (Å²) in [6, 6.07) is 12.6. The lowest BCUT2D eigenvalue weighted by atomic mass is 10.1. The zero-order valence-corrected chi connectivity index (χ0v) is 19.2. The van der Waals surface area contributed by atoms with Gasteiger partial charge in [0.05, 0.1) is 0 Å². The molecular weight excluding hydrogens is 467 g/mol. The van der Waals surface area contributed by atoms with Crippen molar-refractivity contribution >= 4 is 21.8 Å². The van der Waals surface area contributed by atoms with Crippen LogP contribution in [0.25, 0.3) is 0 Å². The molecule has 6 nitrogen and oxygen atoms in total. The van der Waals surface area contributed by atoms with Gasteiger partial charge in [0.15, 0.2) is 18.2 Å². The van der Waals surface area contributed by atoms with Gasteiger partial charge in [-0.15, -0.1) is 0 Å². The number of ether oxygens (including phenoxy) is 3. The molecule has 2 aromatic carbocycles. The standard InChI is InChI=1S/C23H28BrFN2O4/c1-27(19-7-10-29-11-8-19)9-12-30-20-4-2-3-17(13-20)15-26-23(28)16-31-22-6-5-18(24)14-21(22)25/h2-6,13-14,19H,7-12,15-16H2,1H3,(H,26,28). The van der Waals surface area contributed by atoms with E-state index in [9.17, 15) is 9.18 Å². The lowest BCUT2D eigenvalue weighted by Crippen LogP contribution is -2.38. The van der Waals surface area contributed by atoms with E-state index in [4.69, 9.17) is 14.2 Å². The van der Waals surface area contributed by atoms with Gasteiger partial charge in [-0.05, 0) is 55.8 Å². The molecule has 0 spiro atoms. The molecule has 1 fully saturated rings. The number of nitrogens with zero attached hydrogens (tertiary/aromatic N) is 1. The van der Waals surface area contributed by atoms with E-state index in [1.807, 2.05) is 24.3 Å². The van der Waals surface area contributed by atoms with Crippen LogP contribution in [0, 0.1) is 5.82 Å². The molecule has 0 radical (unpaired) electrons. The zero-order chi connectivity index (χ0) is 22.1. The SMILES string of the molecule is CN(CCOc1cccc(CNC(=O)COc2ccc(Br)cc2F)c1)C1CCOCC1. The highest BCUT2D eigenvalue weighted by atomic mass is 79.9. The van der Waals surface area contributed by atoms with Gasteiger partial charge >= 0.3 is 0 Å². The van der Waals surface area contributed by atoms with E-state index in [1.54, 1.807) is 6.07 Å². The third-order valence-electron chi connectivity index (χ3n) is 5.17. The Morgan fingerprint density at radius 1 is 1.23 bits per heavy atom. The number of amides is 1. The molecule has 31 heavy (non-hydrogen) atoms. The van der Waals surface area contributed by atoms with Gasteiger partial charge in [-0.3, -0.25) is 9.69 Å². The van der Waals surface area contributed by atoms with E-state index in [2.05, 4.69) is 33.2 Å². The molecule has 1 saturated heterocycles. The van der Waals surface area contributed by atoms with E-state index in [0.717, 1.165) is 43.9 Å². The van der Waals surface area contributed by atoms with Gasteiger partial charge in [0.25, 0.3) is 5.91 Å². The predicted molar refractivity (Wildman–Crippen MR) is 120 cm³/mol. The Balaban J connectivity index is 1.38. The van der Waals surface area contributed by atoms with Crippen LogP contribution in [0.1, 0.15) is 18.4 Å². The third kappa shape index (κ3) is 7.79. The van der Waals surface area contributed by atoms with E-state index < -0.39 is 5.82 Å². The fraction of sp³-hybridized carbons (Fsp3) is 0.435. The Bertz CT molecular complexity index is 861. The van der Waals surface area contributed by atoms with Crippen LogP contribution in [-0.2, 0) is 16.1 Å². The van der Waals surface area contributed by atoms with Gasteiger partial charge in [-0.25, -0.2) is 4.39 Å². The number of carbonyl (C=O) groups excluding carboxylic acids is 1. The molecule has 0 saturated carbocycles. The summed E-state index contributed by atoms with van der Waals surface area (Å²) in [6.45, 7) is 3.17. The normalized spacial score (nSPS) is 14.5. The fourth-order valence-electron chi connectivity index (χ4n) is 3.35. The largest absolute Gasteiger partial charge is 0.492 e. The quantitative estimate of drug-likeness (QED) is 0.544. The lowest BCUT2D eigenvalue weighted by Gasteiger charge is -2.31. The highest BCUT2D eigenvalue weighted by molar-refractivity contribution is 9.10. The Morgan fingerprint density at radius 3 is 2.81 bits per heavy atom. The molecule has 3 rings (SSSR count). The molecule has 2 aromatic rings. The van der Waals surface area contributed by atoms with Crippen molar-refractivity contribution in [3.05, 3.63) is 58.3 Å². The second kappa shape index (κ2) is 12.0. The van der Waals surface area contributed by atoms with Crippen LogP contribution in [0.3, 0.4) is 0 Å². The zero-order valence-electron chi connectivity index (χ0n) is 17.6. The predicted octanol–water partition coefficient (Wildman–Crippen LogP) is 3.77. The summed E-state index contributed by atoms with van der Waals surface area (Å²) in [7, 11) is 2.12. The van der Waals surface area contributed by atoms with E-state index in [0.29, 0.717) is 23.7 Å². The second-order valence-electron chi connectivity index (χ2n) is 7.46. The van der Waals surface area contributed by atoms with E-state index >= 15 is 0 Å². The van der Waals surface area contributed by atoms with Crippen LogP contribution in [0.5, 0.6) is 11.5 Å². The van der Waals surface area contributed by atoms with Gasteiger partial charge in [-0.1, -0.05) is 28.1 Å². The van der Waals surface area contributed by atoms with Gasteiger partial charge in [0, 0.05) is 36.8 Å². The van der Waals surface area contributed by atoms with Gasteiger partial charge in [0.2, 0.25) is 0 Å². The summed E-state index contributed by atoms with van der Waals surface area (Å²) in [5.74, 6) is -0.0407. The van der Waals surface area contributed by atoms with E-state index in [1.165, 1.54) is 12.1 Å². The molecule has 1 aliphatic rings. The van der Waals surface area contributed by atoms with Crippen LogP contribution < -0.4 is 14.8 Å². The number of carbonyl (C=O) groups is 1. The maximum Gasteiger partial charge on any atom is 0.258 e. The van der Waals surface area contributed by atoms with Crippen molar-refractivity contribution < 1.29 is 23.4 Å². The highest BCUT2D eigenvalue weighted by Crippen LogP contribution is 2.21. The molecule has 0 atom stereocenters. The van der Waals surface area contributed by atoms with Crippen LogP contribution in [0.4, 0.5) is 4.39 Å². The first-order chi connectivity index (χ1) is 15.0. The van der Waals surface area contributed by atoms with Gasteiger partial charge < -0.3 is 19.5 Å². The average Bonchev–Trinajstić information content (AvgIpc) is 2.78. The number of hydrogen-bond donors (Lipinski definition) is 1. The first-order valence-corrected chi connectivity index (χ1v) is 11.1. The Labute approximate surface area is 190 Å².